The van der Waals surface area contributed by atoms with Crippen LogP contribution in [0.4, 0.5) is 0 Å². The second-order valence-electron chi connectivity index (χ2n) is 3.42. The maximum atomic E-state index is 11.0. The van der Waals surface area contributed by atoms with Crippen LogP contribution in [0.2, 0.25) is 0 Å². The fraction of sp³-hybridized carbons (Fsp3) is 0.750. The van der Waals surface area contributed by atoms with Gasteiger partial charge < -0.3 is 4.74 Å². The molecule has 0 amide bonds. The van der Waals surface area contributed by atoms with Gasteiger partial charge in [0.15, 0.2) is 0 Å². The number of carbonyl (C=O) groups is 1. The van der Waals surface area contributed by atoms with E-state index in [0.29, 0.717) is 0 Å². The third-order valence-corrected chi connectivity index (χ3v) is 2.35. The van der Waals surface area contributed by atoms with Crippen molar-refractivity contribution in [1.82, 2.24) is 0 Å². The molecule has 0 aromatic carbocycles. The maximum absolute atomic E-state index is 11.0. The van der Waals surface area contributed by atoms with Gasteiger partial charge in [0, 0.05) is 5.92 Å². The molecule has 0 aromatic heterocycles. The molecular weight excluding hydrogens is 142 g/mol. The molecule has 1 rings (SSSR count). The van der Waals surface area contributed by atoms with Gasteiger partial charge in [-0.2, -0.15) is 5.26 Å². The molecule has 0 bridgehead atoms. The summed E-state index contributed by atoms with van der Waals surface area (Å²) < 4.78 is 5.00. The summed E-state index contributed by atoms with van der Waals surface area (Å²) in [4.78, 5) is 11.0. The van der Waals surface area contributed by atoms with E-state index in [2.05, 4.69) is 0 Å². The lowest BCUT2D eigenvalue weighted by Crippen LogP contribution is -2.26. The molecule has 0 aromatic rings. The summed E-state index contributed by atoms with van der Waals surface area (Å²) in [5.41, 5.74) is -0.475. The molecular formula is C8H11NO2. The van der Waals surface area contributed by atoms with Crippen molar-refractivity contribution < 1.29 is 9.53 Å². The van der Waals surface area contributed by atoms with Crippen LogP contribution in [0.3, 0.4) is 0 Å². The van der Waals surface area contributed by atoms with Crippen molar-refractivity contribution in [3.05, 3.63) is 0 Å². The molecule has 0 aliphatic carbocycles. The summed E-state index contributed by atoms with van der Waals surface area (Å²) in [6.45, 7) is 5.51. The van der Waals surface area contributed by atoms with Crippen molar-refractivity contribution in [3.8, 4) is 6.07 Å². The summed E-state index contributed by atoms with van der Waals surface area (Å²) in [5, 5.41) is 8.59. The lowest BCUT2D eigenvalue weighted by molar-refractivity contribution is -0.147. The van der Waals surface area contributed by atoms with Crippen molar-refractivity contribution in [2.45, 2.75) is 26.4 Å². The quantitative estimate of drug-likeness (QED) is 0.489. The van der Waals surface area contributed by atoms with Crippen LogP contribution in [0.5, 0.6) is 0 Å². The van der Waals surface area contributed by atoms with Gasteiger partial charge >= 0.3 is 5.97 Å². The first-order chi connectivity index (χ1) is 4.99. The van der Waals surface area contributed by atoms with Gasteiger partial charge in [-0.15, -0.1) is 0 Å². The normalized spacial score (nSPS) is 34.5. The van der Waals surface area contributed by atoms with Gasteiger partial charge in [-0.1, -0.05) is 6.92 Å². The largest absolute Gasteiger partial charge is 0.458 e. The number of ether oxygens (including phenoxy) is 1. The van der Waals surface area contributed by atoms with Crippen LogP contribution in [0.25, 0.3) is 0 Å². The third kappa shape index (κ3) is 1.09. The molecule has 2 atom stereocenters. The Bertz CT molecular complexity index is 227. The average molecular weight is 153 g/mol. The van der Waals surface area contributed by atoms with E-state index in [9.17, 15) is 4.79 Å². The highest BCUT2D eigenvalue weighted by Gasteiger charge is 2.47. The van der Waals surface area contributed by atoms with Crippen molar-refractivity contribution in [1.29, 1.82) is 5.26 Å². The Morgan fingerprint density at radius 3 is 2.36 bits per heavy atom. The number of carbonyl (C=O) groups excluding carboxylic acids is 1. The predicted octanol–water partition coefficient (Wildman–Crippen LogP) is 1.10. The third-order valence-electron chi connectivity index (χ3n) is 2.35. The summed E-state index contributed by atoms with van der Waals surface area (Å²) in [7, 11) is 0. The molecule has 1 saturated heterocycles. The SMILES string of the molecule is C[C@@H]1[C@H](C#N)C(=O)OC1(C)C. The minimum absolute atomic E-state index is 0.0139. The zero-order chi connectivity index (χ0) is 8.65. The molecule has 3 nitrogen and oxygen atoms in total. The summed E-state index contributed by atoms with van der Waals surface area (Å²) in [6, 6.07) is 1.94. The average Bonchev–Trinajstić information content (AvgIpc) is 2.04. The molecule has 0 saturated carbocycles. The molecule has 3 heteroatoms. The molecule has 11 heavy (non-hydrogen) atoms. The van der Waals surface area contributed by atoms with E-state index < -0.39 is 11.5 Å². The van der Waals surface area contributed by atoms with Gasteiger partial charge in [-0.05, 0) is 13.8 Å². The molecule has 0 spiro atoms. The zero-order valence-corrected chi connectivity index (χ0v) is 6.92. The molecule has 1 fully saturated rings. The van der Waals surface area contributed by atoms with E-state index in [1.165, 1.54) is 0 Å². The van der Waals surface area contributed by atoms with Crippen molar-refractivity contribution >= 4 is 5.97 Å². The molecule has 1 aliphatic rings. The molecule has 0 radical (unpaired) electrons. The second kappa shape index (κ2) is 2.23. The Morgan fingerprint density at radius 1 is 1.64 bits per heavy atom. The summed E-state index contributed by atoms with van der Waals surface area (Å²) in [6.07, 6.45) is 0. The van der Waals surface area contributed by atoms with Crippen LogP contribution in [-0.2, 0) is 9.53 Å². The topological polar surface area (TPSA) is 50.1 Å². The molecule has 0 unspecified atom stereocenters. The first-order valence-electron chi connectivity index (χ1n) is 3.61. The monoisotopic (exact) mass is 153 g/mol. The number of nitriles is 1. The fourth-order valence-corrected chi connectivity index (χ4v) is 1.19. The number of hydrogen-bond acceptors (Lipinski definition) is 3. The minimum atomic E-state index is -0.579. The Labute approximate surface area is 66.0 Å². The van der Waals surface area contributed by atoms with E-state index in [0.717, 1.165) is 0 Å². The van der Waals surface area contributed by atoms with Crippen molar-refractivity contribution in [2.75, 3.05) is 0 Å². The first kappa shape index (κ1) is 8.06. The van der Waals surface area contributed by atoms with E-state index in [1.54, 1.807) is 0 Å². The molecule has 60 valence electrons. The number of rotatable bonds is 0. The minimum Gasteiger partial charge on any atom is -0.458 e. The highest BCUT2D eigenvalue weighted by atomic mass is 16.6. The number of esters is 1. The van der Waals surface area contributed by atoms with Crippen molar-refractivity contribution in [3.63, 3.8) is 0 Å². The van der Waals surface area contributed by atoms with Crippen LogP contribution in [-0.4, -0.2) is 11.6 Å². The molecule has 1 aliphatic heterocycles. The van der Waals surface area contributed by atoms with E-state index in [1.807, 2.05) is 26.8 Å². The van der Waals surface area contributed by atoms with Gasteiger partial charge in [-0.25, -0.2) is 0 Å². The summed E-state index contributed by atoms with van der Waals surface area (Å²) >= 11 is 0. The lowest BCUT2D eigenvalue weighted by atomic mass is 9.86. The van der Waals surface area contributed by atoms with Gasteiger partial charge in [0.1, 0.15) is 11.5 Å². The van der Waals surface area contributed by atoms with Crippen LogP contribution in [0.15, 0.2) is 0 Å². The molecule has 0 N–H and O–H groups in total. The van der Waals surface area contributed by atoms with Crippen LogP contribution in [0, 0.1) is 23.2 Å². The predicted molar refractivity (Wildman–Crippen MR) is 38.4 cm³/mol. The van der Waals surface area contributed by atoms with Gasteiger partial charge in [-0.3, -0.25) is 4.79 Å². The first-order valence-corrected chi connectivity index (χ1v) is 3.61. The van der Waals surface area contributed by atoms with Gasteiger partial charge in [0.25, 0.3) is 0 Å². The van der Waals surface area contributed by atoms with Crippen LogP contribution < -0.4 is 0 Å². The van der Waals surface area contributed by atoms with Gasteiger partial charge in [0.05, 0.1) is 6.07 Å². The highest BCUT2D eigenvalue weighted by molar-refractivity contribution is 5.78. The van der Waals surface area contributed by atoms with E-state index in [-0.39, 0.29) is 11.9 Å². The van der Waals surface area contributed by atoms with E-state index >= 15 is 0 Å². The fourth-order valence-electron chi connectivity index (χ4n) is 1.19. The zero-order valence-electron chi connectivity index (χ0n) is 6.92. The Morgan fingerprint density at radius 2 is 2.18 bits per heavy atom. The maximum Gasteiger partial charge on any atom is 0.324 e. The Kier molecular flexibility index (Phi) is 1.63. The number of hydrogen-bond donors (Lipinski definition) is 0. The number of nitrogens with zero attached hydrogens (tertiary/aromatic N) is 1. The molecule has 1 heterocycles. The standard InChI is InChI=1S/C8H11NO2/c1-5-6(4-9)7(10)11-8(5,2)3/h5-6H,1-3H3/t5-,6+/m1/s1. The lowest BCUT2D eigenvalue weighted by Gasteiger charge is -2.21. The Balaban J connectivity index is 2.90. The smallest absolute Gasteiger partial charge is 0.324 e. The number of cyclic esters (lactones) is 1. The van der Waals surface area contributed by atoms with Crippen LogP contribution in [0.1, 0.15) is 20.8 Å². The van der Waals surface area contributed by atoms with Crippen LogP contribution >= 0.6 is 0 Å². The summed E-state index contributed by atoms with van der Waals surface area (Å²) in [5.74, 6) is -0.977. The van der Waals surface area contributed by atoms with Crippen molar-refractivity contribution in [2.24, 2.45) is 11.8 Å². The highest BCUT2D eigenvalue weighted by Crippen LogP contribution is 2.35. The van der Waals surface area contributed by atoms with Gasteiger partial charge in [0.2, 0.25) is 0 Å². The Hall–Kier alpha value is -1.04. The second-order valence-corrected chi connectivity index (χ2v) is 3.42. The van der Waals surface area contributed by atoms with E-state index in [4.69, 9.17) is 10.00 Å².